The van der Waals surface area contributed by atoms with Crippen LogP contribution in [0, 0.1) is 0 Å². The van der Waals surface area contributed by atoms with Crippen molar-refractivity contribution in [1.29, 1.82) is 0 Å². The molecule has 0 atom stereocenters. The zero-order valence-electron chi connectivity index (χ0n) is 16.2. The second-order valence-electron chi connectivity index (χ2n) is 5.94. The van der Waals surface area contributed by atoms with E-state index in [2.05, 4.69) is 5.32 Å². The molecule has 1 N–H and O–H groups in total. The first-order valence-electron chi connectivity index (χ1n) is 9.17. The van der Waals surface area contributed by atoms with Crippen molar-refractivity contribution in [1.82, 2.24) is 5.32 Å². The maximum Gasteiger partial charge on any atom is 0.251 e. The molecular weight excluding hydrogens is 472 g/mol. The number of carbonyl (C=O) groups is 1. The molecule has 2 aromatic rings. The van der Waals surface area contributed by atoms with E-state index in [0.717, 1.165) is 5.75 Å². The number of carbonyl (C=O) groups excluding carboxylic acids is 1. The van der Waals surface area contributed by atoms with Gasteiger partial charge in [-0.25, -0.2) is 0 Å². The highest BCUT2D eigenvalue weighted by Crippen LogP contribution is 2.37. The first kappa shape index (κ1) is 24.5. The minimum atomic E-state index is -0.165. The summed E-state index contributed by atoms with van der Waals surface area (Å²) in [6, 6.07) is 10.1. The van der Waals surface area contributed by atoms with E-state index in [1.54, 1.807) is 36.4 Å². The fraction of sp³-hybridized carbons (Fsp3) is 0.286. The normalized spacial score (nSPS) is 10.3. The number of benzene rings is 2. The lowest BCUT2D eigenvalue weighted by atomic mass is 10.2. The van der Waals surface area contributed by atoms with Crippen molar-refractivity contribution in [3.05, 3.63) is 62.6 Å². The molecule has 0 saturated heterocycles. The molecule has 0 bridgehead atoms. The SMILES string of the molecule is CCOc1ccc(C(=O)NCCCOc2c(Cl)cc(OCC=C(Cl)Cl)cc2Cl)cc1. The molecule has 5 nitrogen and oxygen atoms in total. The molecular formula is C21H21Cl4NO4. The van der Waals surface area contributed by atoms with E-state index in [0.29, 0.717) is 53.3 Å². The summed E-state index contributed by atoms with van der Waals surface area (Å²) in [5.74, 6) is 1.38. The Labute approximate surface area is 195 Å². The number of nitrogens with one attached hydrogen (secondary N) is 1. The van der Waals surface area contributed by atoms with Gasteiger partial charge in [-0.3, -0.25) is 4.79 Å². The summed E-state index contributed by atoms with van der Waals surface area (Å²) in [5, 5.41) is 3.47. The summed E-state index contributed by atoms with van der Waals surface area (Å²) in [5.41, 5.74) is 0.561. The molecule has 0 aliphatic rings. The zero-order valence-corrected chi connectivity index (χ0v) is 19.2. The topological polar surface area (TPSA) is 56.8 Å². The van der Waals surface area contributed by atoms with Crippen molar-refractivity contribution in [3.63, 3.8) is 0 Å². The van der Waals surface area contributed by atoms with Crippen LogP contribution in [0.4, 0.5) is 0 Å². The Balaban J connectivity index is 1.77. The number of hydrogen-bond acceptors (Lipinski definition) is 4. The minimum absolute atomic E-state index is 0.113. The lowest BCUT2D eigenvalue weighted by Gasteiger charge is -2.12. The molecule has 1 amide bonds. The number of amides is 1. The predicted octanol–water partition coefficient (Wildman–Crippen LogP) is 6.29. The van der Waals surface area contributed by atoms with Crippen LogP contribution in [0.1, 0.15) is 23.7 Å². The average Bonchev–Trinajstić information content (AvgIpc) is 2.70. The van der Waals surface area contributed by atoms with Gasteiger partial charge in [-0.05, 0) is 43.7 Å². The van der Waals surface area contributed by atoms with Crippen molar-refractivity contribution in [2.45, 2.75) is 13.3 Å². The molecule has 0 radical (unpaired) electrons. The summed E-state index contributed by atoms with van der Waals surface area (Å²) in [4.78, 5) is 12.2. The molecule has 0 aliphatic heterocycles. The van der Waals surface area contributed by atoms with Crippen LogP contribution in [-0.2, 0) is 0 Å². The molecule has 0 unspecified atom stereocenters. The van der Waals surface area contributed by atoms with Gasteiger partial charge in [0.15, 0.2) is 5.75 Å². The van der Waals surface area contributed by atoms with E-state index in [-0.39, 0.29) is 17.0 Å². The molecule has 0 saturated carbocycles. The van der Waals surface area contributed by atoms with Crippen LogP contribution in [0.5, 0.6) is 17.2 Å². The van der Waals surface area contributed by atoms with Gasteiger partial charge in [-0.1, -0.05) is 46.4 Å². The van der Waals surface area contributed by atoms with Gasteiger partial charge in [-0.2, -0.15) is 0 Å². The van der Waals surface area contributed by atoms with Crippen LogP contribution in [0.3, 0.4) is 0 Å². The molecule has 2 aromatic carbocycles. The van der Waals surface area contributed by atoms with E-state index in [4.69, 9.17) is 60.6 Å². The van der Waals surface area contributed by atoms with Gasteiger partial charge in [0.05, 0.1) is 23.3 Å². The standard InChI is InChI=1S/C21H21Cl4NO4/c1-2-28-15-6-4-14(5-7-15)21(27)26-9-3-10-30-20-17(22)12-16(13-18(20)23)29-11-8-19(24)25/h4-8,12-13H,2-3,9-11H2,1H3,(H,26,27). The second kappa shape index (κ2) is 12.8. The third kappa shape index (κ3) is 8.15. The Kier molecular flexibility index (Phi) is 10.4. The van der Waals surface area contributed by atoms with Crippen molar-refractivity contribution in [3.8, 4) is 17.2 Å². The fourth-order valence-electron chi connectivity index (χ4n) is 2.38. The molecule has 30 heavy (non-hydrogen) atoms. The second-order valence-corrected chi connectivity index (χ2v) is 7.76. The van der Waals surface area contributed by atoms with Gasteiger partial charge in [0.25, 0.3) is 5.91 Å². The van der Waals surface area contributed by atoms with Crippen LogP contribution in [0.2, 0.25) is 10.0 Å². The van der Waals surface area contributed by atoms with E-state index in [1.807, 2.05) is 6.92 Å². The molecule has 2 rings (SSSR count). The summed E-state index contributed by atoms with van der Waals surface area (Å²) >= 11 is 23.5. The molecule has 0 spiro atoms. The van der Waals surface area contributed by atoms with Crippen molar-refractivity contribution < 1.29 is 19.0 Å². The maximum atomic E-state index is 12.2. The smallest absolute Gasteiger partial charge is 0.251 e. The largest absolute Gasteiger partial charge is 0.494 e. The predicted molar refractivity (Wildman–Crippen MR) is 122 cm³/mol. The van der Waals surface area contributed by atoms with E-state index in [9.17, 15) is 4.79 Å². The lowest BCUT2D eigenvalue weighted by Crippen LogP contribution is -2.25. The summed E-state index contributed by atoms with van der Waals surface area (Å²) < 4.78 is 16.6. The zero-order chi connectivity index (χ0) is 21.9. The highest BCUT2D eigenvalue weighted by atomic mass is 35.5. The Bertz CT molecular complexity index is 845. The van der Waals surface area contributed by atoms with Gasteiger partial charge in [0, 0.05) is 24.2 Å². The fourth-order valence-corrected chi connectivity index (χ4v) is 3.08. The van der Waals surface area contributed by atoms with Crippen molar-refractivity contribution in [2.75, 3.05) is 26.4 Å². The lowest BCUT2D eigenvalue weighted by molar-refractivity contribution is 0.0951. The van der Waals surface area contributed by atoms with Gasteiger partial charge >= 0.3 is 0 Å². The molecule has 0 aliphatic carbocycles. The van der Waals surface area contributed by atoms with Crippen molar-refractivity contribution >= 4 is 52.3 Å². The summed E-state index contributed by atoms with van der Waals surface area (Å²) in [6.07, 6.45) is 2.07. The van der Waals surface area contributed by atoms with Gasteiger partial charge in [0.1, 0.15) is 22.6 Å². The average molecular weight is 493 g/mol. The van der Waals surface area contributed by atoms with Crippen LogP contribution < -0.4 is 19.5 Å². The molecule has 9 heteroatoms. The monoisotopic (exact) mass is 491 g/mol. The summed E-state index contributed by atoms with van der Waals surface area (Å²) in [6.45, 7) is 3.43. The van der Waals surface area contributed by atoms with E-state index in [1.165, 1.54) is 6.08 Å². The first-order valence-corrected chi connectivity index (χ1v) is 10.7. The first-order chi connectivity index (χ1) is 14.4. The third-order valence-electron chi connectivity index (χ3n) is 3.74. The molecule has 0 fully saturated rings. The van der Waals surface area contributed by atoms with Crippen LogP contribution in [-0.4, -0.2) is 32.3 Å². The maximum absolute atomic E-state index is 12.2. The highest BCUT2D eigenvalue weighted by molar-refractivity contribution is 6.55. The number of hydrogen-bond donors (Lipinski definition) is 1. The van der Waals surface area contributed by atoms with Crippen LogP contribution in [0.15, 0.2) is 47.0 Å². The van der Waals surface area contributed by atoms with E-state index >= 15 is 0 Å². The van der Waals surface area contributed by atoms with E-state index < -0.39 is 0 Å². The number of rotatable bonds is 11. The minimum Gasteiger partial charge on any atom is -0.494 e. The van der Waals surface area contributed by atoms with Crippen LogP contribution in [0.25, 0.3) is 0 Å². The van der Waals surface area contributed by atoms with Gasteiger partial charge < -0.3 is 19.5 Å². The number of ether oxygens (including phenoxy) is 3. The highest BCUT2D eigenvalue weighted by Gasteiger charge is 2.11. The molecule has 0 aromatic heterocycles. The summed E-state index contributed by atoms with van der Waals surface area (Å²) in [7, 11) is 0. The molecule has 0 heterocycles. The Hall–Kier alpha value is -1.79. The van der Waals surface area contributed by atoms with Crippen molar-refractivity contribution in [2.24, 2.45) is 0 Å². The quantitative estimate of drug-likeness (QED) is 0.374. The van der Waals surface area contributed by atoms with Crippen LogP contribution >= 0.6 is 46.4 Å². The van der Waals surface area contributed by atoms with Gasteiger partial charge in [-0.15, -0.1) is 0 Å². The Morgan fingerprint density at radius 3 is 2.27 bits per heavy atom. The molecule has 162 valence electrons. The Morgan fingerprint density at radius 1 is 1.00 bits per heavy atom. The Morgan fingerprint density at radius 2 is 1.67 bits per heavy atom. The number of halogens is 4. The van der Waals surface area contributed by atoms with Gasteiger partial charge in [0.2, 0.25) is 0 Å². The third-order valence-corrected chi connectivity index (χ3v) is 4.61.